The smallest absolute Gasteiger partial charge is 0.337 e. The third-order valence-corrected chi connectivity index (χ3v) is 3.80. The number of aromatic nitrogens is 3. The number of rotatable bonds is 4. The van der Waals surface area contributed by atoms with Crippen LogP contribution in [0.1, 0.15) is 10.4 Å². The predicted molar refractivity (Wildman–Crippen MR) is 74.1 cm³/mol. The molecule has 0 unspecified atom stereocenters. The first-order valence-corrected chi connectivity index (χ1v) is 7.44. The second-order valence-corrected chi connectivity index (χ2v) is 6.00. The van der Waals surface area contributed by atoms with E-state index in [0.29, 0.717) is 0 Å². The molecule has 110 valence electrons. The second-order valence-electron chi connectivity index (χ2n) is 3.64. The summed E-state index contributed by atoms with van der Waals surface area (Å²) >= 11 is 11.2. The summed E-state index contributed by atoms with van der Waals surface area (Å²) in [4.78, 5) is 21.5. The molecule has 2 heterocycles. The lowest BCUT2D eigenvalue weighted by molar-refractivity contribution is 0.0696. The van der Waals surface area contributed by atoms with E-state index in [1.807, 2.05) is 0 Å². The van der Waals surface area contributed by atoms with Crippen molar-refractivity contribution in [3.05, 3.63) is 40.4 Å². The number of carboxylic acid groups (broad SMARTS) is 1. The van der Waals surface area contributed by atoms with Gasteiger partial charge < -0.3 is 5.11 Å². The summed E-state index contributed by atoms with van der Waals surface area (Å²) in [5.41, 5.74) is -0.137. The van der Waals surface area contributed by atoms with Gasteiger partial charge in [-0.05, 0) is 23.7 Å². The molecule has 0 aromatic carbocycles. The van der Waals surface area contributed by atoms with Crippen molar-refractivity contribution >= 4 is 45.0 Å². The van der Waals surface area contributed by atoms with Gasteiger partial charge in [-0.3, -0.25) is 4.72 Å². The van der Waals surface area contributed by atoms with Crippen LogP contribution in [-0.4, -0.2) is 34.4 Å². The van der Waals surface area contributed by atoms with E-state index in [4.69, 9.17) is 28.3 Å². The molecule has 0 radical (unpaired) electrons. The predicted octanol–water partition coefficient (Wildman–Crippen LogP) is 1.68. The maximum Gasteiger partial charge on any atom is 0.337 e. The summed E-state index contributed by atoms with van der Waals surface area (Å²) in [7, 11) is -4.05. The number of nitrogens with one attached hydrogen (secondary N) is 1. The van der Waals surface area contributed by atoms with E-state index in [1.165, 1.54) is 0 Å². The van der Waals surface area contributed by atoms with E-state index in [2.05, 4.69) is 19.7 Å². The van der Waals surface area contributed by atoms with Gasteiger partial charge in [0.25, 0.3) is 10.0 Å². The third kappa shape index (κ3) is 3.78. The molecule has 11 heteroatoms. The summed E-state index contributed by atoms with van der Waals surface area (Å²) < 4.78 is 26.2. The van der Waals surface area contributed by atoms with Gasteiger partial charge in [0.2, 0.25) is 5.28 Å². The summed E-state index contributed by atoms with van der Waals surface area (Å²) in [6.45, 7) is 0. The molecule has 2 N–H and O–H groups in total. The molecule has 8 nitrogen and oxygen atoms in total. The van der Waals surface area contributed by atoms with Crippen LogP contribution in [0.5, 0.6) is 0 Å². The van der Waals surface area contributed by atoms with Gasteiger partial charge in [-0.2, -0.15) is 13.4 Å². The number of pyridine rings is 1. The van der Waals surface area contributed by atoms with Crippen LogP contribution in [0, 0.1) is 0 Å². The van der Waals surface area contributed by atoms with Crippen molar-refractivity contribution in [3.8, 4) is 0 Å². The second kappa shape index (κ2) is 5.80. The normalized spacial score (nSPS) is 11.1. The molecule has 2 aromatic heterocycles. The quantitative estimate of drug-likeness (QED) is 0.636. The Kier molecular flexibility index (Phi) is 4.26. The van der Waals surface area contributed by atoms with Crippen LogP contribution in [-0.2, 0) is 10.0 Å². The molecule has 0 bridgehead atoms. The van der Waals surface area contributed by atoms with Crippen LogP contribution in [0.15, 0.2) is 29.4 Å². The van der Waals surface area contributed by atoms with Crippen LogP contribution >= 0.6 is 23.2 Å². The average Bonchev–Trinajstić information content (AvgIpc) is 2.37. The van der Waals surface area contributed by atoms with E-state index >= 15 is 0 Å². The van der Waals surface area contributed by atoms with E-state index in [9.17, 15) is 13.2 Å². The fourth-order valence-corrected chi connectivity index (χ4v) is 2.63. The van der Waals surface area contributed by atoms with Gasteiger partial charge >= 0.3 is 5.97 Å². The van der Waals surface area contributed by atoms with E-state index < -0.39 is 16.0 Å². The Labute approximate surface area is 128 Å². The molecular weight excluding hydrogens is 343 g/mol. The Morgan fingerprint density at radius 2 is 1.95 bits per heavy atom. The molecule has 0 aliphatic carbocycles. The van der Waals surface area contributed by atoms with Crippen molar-refractivity contribution in [2.45, 2.75) is 5.03 Å². The summed E-state index contributed by atoms with van der Waals surface area (Å²) in [6, 6.07) is 3.33. The van der Waals surface area contributed by atoms with Crippen molar-refractivity contribution in [1.82, 2.24) is 15.0 Å². The third-order valence-electron chi connectivity index (χ3n) is 2.17. The number of carboxylic acids is 1. The molecule has 0 aliphatic rings. The summed E-state index contributed by atoms with van der Waals surface area (Å²) in [5, 5.41) is 8.08. The zero-order chi connectivity index (χ0) is 15.6. The highest BCUT2D eigenvalue weighted by Crippen LogP contribution is 2.17. The number of hydrogen-bond donors (Lipinski definition) is 2. The monoisotopic (exact) mass is 348 g/mol. The highest BCUT2D eigenvalue weighted by atomic mass is 35.5. The summed E-state index contributed by atoms with van der Waals surface area (Å²) in [5.74, 6) is -1.35. The van der Waals surface area contributed by atoms with Crippen molar-refractivity contribution in [2.24, 2.45) is 0 Å². The SMILES string of the molecule is O=C(O)c1ccc(S(=O)(=O)Nc2cc(Cl)nc(Cl)n2)nc1. The maximum absolute atomic E-state index is 12.0. The van der Waals surface area contributed by atoms with Gasteiger partial charge in [0.1, 0.15) is 11.0 Å². The first-order chi connectivity index (χ1) is 9.78. The van der Waals surface area contributed by atoms with E-state index in [0.717, 1.165) is 24.4 Å². The van der Waals surface area contributed by atoms with Crippen LogP contribution in [0.2, 0.25) is 10.4 Å². The molecule has 0 saturated carbocycles. The van der Waals surface area contributed by atoms with Gasteiger partial charge in [0.05, 0.1) is 5.56 Å². The number of halogens is 2. The fraction of sp³-hybridized carbons (Fsp3) is 0. The molecule has 0 fully saturated rings. The van der Waals surface area contributed by atoms with Crippen LogP contribution in [0.4, 0.5) is 5.82 Å². The zero-order valence-corrected chi connectivity index (χ0v) is 12.3. The Balaban J connectivity index is 2.31. The molecule has 0 atom stereocenters. The zero-order valence-electron chi connectivity index (χ0n) is 9.99. The minimum absolute atomic E-state index is 0.0399. The first-order valence-electron chi connectivity index (χ1n) is 5.20. The maximum atomic E-state index is 12.0. The van der Waals surface area contributed by atoms with Gasteiger partial charge in [0.15, 0.2) is 5.03 Å². The molecule has 0 amide bonds. The summed E-state index contributed by atoms with van der Waals surface area (Å²) in [6.07, 6.45) is 0.927. The highest BCUT2D eigenvalue weighted by Gasteiger charge is 2.18. The van der Waals surface area contributed by atoms with Crippen molar-refractivity contribution in [3.63, 3.8) is 0 Å². The van der Waals surface area contributed by atoms with Gasteiger partial charge in [0, 0.05) is 12.3 Å². The fourth-order valence-electron chi connectivity index (χ4n) is 1.30. The van der Waals surface area contributed by atoms with Crippen LogP contribution in [0.25, 0.3) is 0 Å². The topological polar surface area (TPSA) is 122 Å². The largest absolute Gasteiger partial charge is 0.478 e. The Morgan fingerprint density at radius 3 is 2.48 bits per heavy atom. The average molecular weight is 349 g/mol. The lowest BCUT2D eigenvalue weighted by atomic mass is 10.3. The van der Waals surface area contributed by atoms with Crippen LogP contribution in [0.3, 0.4) is 0 Å². The number of nitrogens with zero attached hydrogens (tertiary/aromatic N) is 3. The van der Waals surface area contributed by atoms with E-state index in [1.54, 1.807) is 0 Å². The number of carbonyl (C=O) groups is 1. The van der Waals surface area contributed by atoms with Crippen molar-refractivity contribution < 1.29 is 18.3 Å². The molecule has 2 rings (SSSR count). The Morgan fingerprint density at radius 1 is 1.24 bits per heavy atom. The van der Waals surface area contributed by atoms with Gasteiger partial charge in [-0.15, -0.1) is 0 Å². The van der Waals surface area contributed by atoms with Crippen LogP contribution < -0.4 is 4.72 Å². The molecular formula is C10H6Cl2N4O4S. The van der Waals surface area contributed by atoms with E-state index in [-0.39, 0.29) is 26.8 Å². The number of hydrogen-bond acceptors (Lipinski definition) is 6. The number of aromatic carboxylic acids is 1. The van der Waals surface area contributed by atoms with Crippen molar-refractivity contribution in [1.29, 1.82) is 0 Å². The first kappa shape index (κ1) is 15.4. The highest BCUT2D eigenvalue weighted by molar-refractivity contribution is 7.92. The number of sulfonamides is 1. The number of anilines is 1. The minimum Gasteiger partial charge on any atom is -0.478 e. The lowest BCUT2D eigenvalue weighted by Gasteiger charge is -2.07. The van der Waals surface area contributed by atoms with Crippen molar-refractivity contribution in [2.75, 3.05) is 4.72 Å². The molecule has 2 aromatic rings. The molecule has 21 heavy (non-hydrogen) atoms. The Bertz CT molecular complexity index is 775. The minimum atomic E-state index is -4.05. The standard InChI is InChI=1S/C10H6Cl2N4O4S/c11-6-3-7(15-10(12)14-6)16-21(19,20)8-2-1-5(4-13-8)9(17)18/h1-4H,(H,17,18)(H,14,15,16). The molecule has 0 aliphatic heterocycles. The lowest BCUT2D eigenvalue weighted by Crippen LogP contribution is -2.16. The van der Waals surface area contributed by atoms with Gasteiger partial charge in [-0.25, -0.2) is 14.8 Å². The molecule has 0 saturated heterocycles. The molecule has 0 spiro atoms. The van der Waals surface area contributed by atoms with Gasteiger partial charge in [-0.1, -0.05) is 11.6 Å². The Hall–Kier alpha value is -1.97.